The van der Waals surface area contributed by atoms with Gasteiger partial charge in [0.05, 0.1) is 12.2 Å². The summed E-state index contributed by atoms with van der Waals surface area (Å²) in [7, 11) is 0. The fraction of sp³-hybridized carbons (Fsp3) is 0.320. The maximum atomic E-state index is 12.8. The quantitative estimate of drug-likeness (QED) is 0.620. The van der Waals surface area contributed by atoms with Crippen molar-refractivity contribution in [2.75, 3.05) is 11.5 Å². The highest BCUT2D eigenvalue weighted by Gasteiger charge is 2.29. The Hall–Kier alpha value is -2.81. The molecule has 0 amide bonds. The molecule has 0 saturated heterocycles. The Kier molecular flexibility index (Phi) is 5.73. The van der Waals surface area contributed by atoms with E-state index in [0.717, 1.165) is 16.9 Å². The Balaban J connectivity index is 2.01. The zero-order valence-corrected chi connectivity index (χ0v) is 17.4. The van der Waals surface area contributed by atoms with Crippen LogP contribution in [-0.4, -0.2) is 12.6 Å². The summed E-state index contributed by atoms with van der Waals surface area (Å²) in [5.74, 6) is -0.361. The van der Waals surface area contributed by atoms with Gasteiger partial charge >= 0.3 is 5.97 Å². The van der Waals surface area contributed by atoms with Gasteiger partial charge in [-0.1, -0.05) is 69.3 Å². The Bertz CT molecular complexity index is 886. The predicted molar refractivity (Wildman–Crippen MR) is 115 cm³/mol. The maximum Gasteiger partial charge on any atom is 0.336 e. The average molecular weight is 376 g/mol. The summed E-state index contributed by atoms with van der Waals surface area (Å²) in [6.07, 6.45) is 4.13. The van der Waals surface area contributed by atoms with Gasteiger partial charge in [0.2, 0.25) is 0 Å². The standard InChI is InChI=1S/C25H29NO2/c1-6-28-24(27)23-18(2)26(17-16-22(23)19-10-8-7-9-11-19)21-14-12-20(13-15-21)25(3,4)5/h7-17,22H,6H2,1-5H3. The summed E-state index contributed by atoms with van der Waals surface area (Å²) < 4.78 is 5.39. The molecule has 0 aliphatic carbocycles. The van der Waals surface area contributed by atoms with E-state index in [4.69, 9.17) is 4.74 Å². The van der Waals surface area contributed by atoms with Crippen molar-refractivity contribution in [3.8, 4) is 0 Å². The molecule has 0 bridgehead atoms. The second kappa shape index (κ2) is 8.05. The normalized spacial score (nSPS) is 17.0. The average Bonchev–Trinajstić information content (AvgIpc) is 2.68. The number of allylic oxidation sites excluding steroid dienone is 2. The molecule has 1 atom stereocenters. The van der Waals surface area contributed by atoms with E-state index in [1.165, 1.54) is 5.56 Å². The minimum absolute atomic E-state index is 0.106. The van der Waals surface area contributed by atoms with Gasteiger partial charge < -0.3 is 9.64 Å². The number of ether oxygens (including phenoxy) is 1. The molecule has 0 spiro atoms. The van der Waals surface area contributed by atoms with Gasteiger partial charge in [-0.15, -0.1) is 0 Å². The molecule has 146 valence electrons. The molecular formula is C25H29NO2. The topological polar surface area (TPSA) is 29.5 Å². The van der Waals surface area contributed by atoms with Crippen LogP contribution in [0.5, 0.6) is 0 Å². The third kappa shape index (κ3) is 4.04. The molecule has 1 aliphatic heterocycles. The van der Waals surface area contributed by atoms with Crippen LogP contribution in [0.25, 0.3) is 0 Å². The molecule has 1 aliphatic rings. The molecule has 3 nitrogen and oxygen atoms in total. The van der Waals surface area contributed by atoms with Crippen molar-refractivity contribution in [2.45, 2.75) is 46.0 Å². The minimum Gasteiger partial charge on any atom is -0.463 e. The number of carbonyl (C=O) groups excluding carboxylic acids is 1. The Morgan fingerprint density at radius 1 is 1.04 bits per heavy atom. The fourth-order valence-corrected chi connectivity index (χ4v) is 3.56. The van der Waals surface area contributed by atoms with E-state index in [1.54, 1.807) is 0 Å². The van der Waals surface area contributed by atoms with Crippen LogP contribution < -0.4 is 4.90 Å². The predicted octanol–water partition coefficient (Wildman–Crippen LogP) is 5.94. The van der Waals surface area contributed by atoms with E-state index in [-0.39, 0.29) is 17.3 Å². The van der Waals surface area contributed by atoms with E-state index in [2.05, 4.69) is 74.3 Å². The summed E-state index contributed by atoms with van der Waals surface area (Å²) in [6.45, 7) is 10.8. The van der Waals surface area contributed by atoms with Gasteiger partial charge in [-0.2, -0.15) is 0 Å². The molecule has 3 heteroatoms. The number of benzene rings is 2. The zero-order chi connectivity index (χ0) is 20.3. The van der Waals surface area contributed by atoms with Crippen molar-refractivity contribution in [3.63, 3.8) is 0 Å². The Morgan fingerprint density at radius 2 is 1.68 bits per heavy atom. The molecule has 2 aromatic carbocycles. The maximum absolute atomic E-state index is 12.8. The fourth-order valence-electron chi connectivity index (χ4n) is 3.56. The van der Waals surface area contributed by atoms with Crippen molar-refractivity contribution in [1.82, 2.24) is 0 Å². The monoisotopic (exact) mass is 375 g/mol. The van der Waals surface area contributed by atoms with Gasteiger partial charge in [-0.25, -0.2) is 4.79 Å². The van der Waals surface area contributed by atoms with Crippen molar-refractivity contribution in [1.29, 1.82) is 0 Å². The zero-order valence-electron chi connectivity index (χ0n) is 17.4. The van der Waals surface area contributed by atoms with Gasteiger partial charge in [0.25, 0.3) is 0 Å². The van der Waals surface area contributed by atoms with Gasteiger partial charge in [-0.05, 0) is 42.5 Å². The highest BCUT2D eigenvalue weighted by atomic mass is 16.5. The first-order valence-corrected chi connectivity index (χ1v) is 9.84. The lowest BCUT2D eigenvalue weighted by atomic mass is 9.86. The molecule has 1 unspecified atom stereocenters. The highest BCUT2D eigenvalue weighted by molar-refractivity contribution is 5.93. The van der Waals surface area contributed by atoms with E-state index in [1.807, 2.05) is 32.0 Å². The second-order valence-electron chi connectivity index (χ2n) is 8.12. The second-order valence-corrected chi connectivity index (χ2v) is 8.12. The van der Waals surface area contributed by atoms with E-state index >= 15 is 0 Å². The molecule has 0 N–H and O–H groups in total. The summed E-state index contributed by atoms with van der Waals surface area (Å²) in [6, 6.07) is 18.6. The first kappa shape index (κ1) is 19.9. The summed E-state index contributed by atoms with van der Waals surface area (Å²) >= 11 is 0. The summed E-state index contributed by atoms with van der Waals surface area (Å²) in [4.78, 5) is 14.9. The molecule has 0 radical (unpaired) electrons. The van der Waals surface area contributed by atoms with Gasteiger partial charge in [0.1, 0.15) is 0 Å². The molecule has 0 fully saturated rings. The number of rotatable bonds is 4. The van der Waals surface area contributed by atoms with Crippen LogP contribution in [0.3, 0.4) is 0 Å². The largest absolute Gasteiger partial charge is 0.463 e. The van der Waals surface area contributed by atoms with Crippen molar-refractivity contribution >= 4 is 11.7 Å². The van der Waals surface area contributed by atoms with Gasteiger partial charge in [-0.3, -0.25) is 0 Å². The third-order valence-electron chi connectivity index (χ3n) is 5.16. The van der Waals surface area contributed by atoms with Crippen LogP contribution in [0.4, 0.5) is 5.69 Å². The first-order valence-electron chi connectivity index (χ1n) is 9.84. The lowest BCUT2D eigenvalue weighted by molar-refractivity contribution is -0.138. The molecule has 0 saturated carbocycles. The van der Waals surface area contributed by atoms with Crippen LogP contribution in [0.2, 0.25) is 0 Å². The van der Waals surface area contributed by atoms with Crippen molar-refractivity contribution in [2.24, 2.45) is 0 Å². The third-order valence-corrected chi connectivity index (χ3v) is 5.16. The van der Waals surface area contributed by atoms with Crippen LogP contribution in [0, 0.1) is 0 Å². The smallest absolute Gasteiger partial charge is 0.336 e. The van der Waals surface area contributed by atoms with Gasteiger partial charge in [0.15, 0.2) is 0 Å². The van der Waals surface area contributed by atoms with Crippen molar-refractivity contribution < 1.29 is 9.53 Å². The Labute approximate surface area is 168 Å². The van der Waals surface area contributed by atoms with Crippen LogP contribution in [0.15, 0.2) is 78.1 Å². The van der Waals surface area contributed by atoms with Crippen LogP contribution in [0.1, 0.15) is 51.7 Å². The van der Waals surface area contributed by atoms with Crippen LogP contribution >= 0.6 is 0 Å². The molecular weight excluding hydrogens is 346 g/mol. The van der Waals surface area contributed by atoms with Crippen molar-refractivity contribution in [3.05, 3.63) is 89.3 Å². The highest BCUT2D eigenvalue weighted by Crippen LogP contribution is 2.37. The Morgan fingerprint density at radius 3 is 2.25 bits per heavy atom. The van der Waals surface area contributed by atoms with Crippen LogP contribution in [-0.2, 0) is 14.9 Å². The minimum atomic E-state index is -0.255. The van der Waals surface area contributed by atoms with E-state index in [9.17, 15) is 4.79 Å². The van der Waals surface area contributed by atoms with Gasteiger partial charge in [0, 0.05) is 23.5 Å². The number of nitrogens with zero attached hydrogens (tertiary/aromatic N) is 1. The molecule has 0 aromatic heterocycles. The molecule has 3 rings (SSSR count). The van der Waals surface area contributed by atoms with E-state index in [0.29, 0.717) is 12.2 Å². The first-order chi connectivity index (χ1) is 13.3. The van der Waals surface area contributed by atoms with E-state index < -0.39 is 0 Å². The lowest BCUT2D eigenvalue weighted by Crippen LogP contribution is -2.26. The summed E-state index contributed by atoms with van der Waals surface area (Å²) in [5.41, 5.74) is 5.11. The number of hydrogen-bond acceptors (Lipinski definition) is 3. The number of hydrogen-bond donors (Lipinski definition) is 0. The number of carbonyl (C=O) groups is 1. The lowest BCUT2D eigenvalue weighted by Gasteiger charge is -2.31. The number of anilines is 1. The number of esters is 1. The summed E-state index contributed by atoms with van der Waals surface area (Å²) in [5, 5.41) is 0. The molecule has 28 heavy (non-hydrogen) atoms. The SMILES string of the molecule is CCOC(=O)C1=C(C)N(c2ccc(C(C)(C)C)cc2)C=CC1c1ccccc1. The molecule has 1 heterocycles. The molecule has 2 aromatic rings.